The molecule has 6 nitrogen and oxygen atoms in total. The van der Waals surface area contributed by atoms with Crippen LogP contribution >= 0.6 is 0 Å². The van der Waals surface area contributed by atoms with Crippen molar-refractivity contribution in [1.29, 1.82) is 0 Å². The molecule has 4 rings (SSSR count). The quantitative estimate of drug-likeness (QED) is 0.247. The third-order valence-corrected chi connectivity index (χ3v) is 6.46. The van der Waals surface area contributed by atoms with Crippen molar-refractivity contribution >= 4 is 23.1 Å². The minimum Gasteiger partial charge on any atom is -0.507 e. The van der Waals surface area contributed by atoms with Crippen LogP contribution in [0.5, 0.6) is 11.5 Å². The van der Waals surface area contributed by atoms with Crippen LogP contribution in [0.4, 0.5) is 5.69 Å². The summed E-state index contributed by atoms with van der Waals surface area (Å²) in [7, 11) is 1.57. The Bertz CT molecular complexity index is 1320. The molecular weight excluding hydrogens is 454 g/mol. The molecule has 1 aliphatic heterocycles. The lowest BCUT2D eigenvalue weighted by Gasteiger charge is -2.26. The number of benzene rings is 3. The molecule has 0 radical (unpaired) electrons. The molecule has 3 aromatic rings. The number of methoxy groups -OCH3 is 1. The second-order valence-corrected chi connectivity index (χ2v) is 9.10. The van der Waals surface area contributed by atoms with Crippen LogP contribution in [0.1, 0.15) is 55.0 Å². The van der Waals surface area contributed by atoms with Gasteiger partial charge in [0.2, 0.25) is 0 Å². The molecule has 1 fully saturated rings. The first-order valence-corrected chi connectivity index (χ1v) is 12.1. The van der Waals surface area contributed by atoms with Gasteiger partial charge >= 0.3 is 0 Å². The molecule has 1 aliphatic rings. The number of aliphatic hydroxyl groups excluding tert-OH is 1. The molecule has 36 heavy (non-hydrogen) atoms. The Morgan fingerprint density at radius 1 is 1.00 bits per heavy atom. The number of aliphatic hydroxyl groups is 1. The predicted octanol–water partition coefficient (Wildman–Crippen LogP) is 6.15. The highest BCUT2D eigenvalue weighted by atomic mass is 16.5. The summed E-state index contributed by atoms with van der Waals surface area (Å²) in [4.78, 5) is 28.3. The van der Waals surface area contributed by atoms with Crippen molar-refractivity contribution < 1.29 is 24.2 Å². The van der Waals surface area contributed by atoms with E-state index < -0.39 is 17.7 Å². The van der Waals surface area contributed by atoms with E-state index >= 15 is 0 Å². The van der Waals surface area contributed by atoms with Gasteiger partial charge in [-0.25, -0.2) is 0 Å². The van der Waals surface area contributed by atoms with Gasteiger partial charge in [0.15, 0.2) is 0 Å². The average Bonchev–Trinajstić information content (AvgIpc) is 3.14. The van der Waals surface area contributed by atoms with Gasteiger partial charge in [-0.1, -0.05) is 38.1 Å². The topological polar surface area (TPSA) is 76.1 Å². The number of amides is 1. The van der Waals surface area contributed by atoms with Gasteiger partial charge < -0.3 is 14.6 Å². The molecule has 1 heterocycles. The summed E-state index contributed by atoms with van der Waals surface area (Å²) in [5, 5.41) is 11.4. The Balaban J connectivity index is 1.92. The highest BCUT2D eigenvalue weighted by Gasteiger charge is 2.47. The van der Waals surface area contributed by atoms with Gasteiger partial charge in [0, 0.05) is 11.3 Å². The molecule has 186 valence electrons. The minimum atomic E-state index is -0.822. The number of hydrogen-bond acceptors (Lipinski definition) is 5. The normalized spacial score (nSPS) is 17.1. The van der Waals surface area contributed by atoms with Crippen LogP contribution < -0.4 is 14.4 Å². The number of carbonyl (C=O) groups excluding carboxylic acids is 2. The fourth-order valence-corrected chi connectivity index (χ4v) is 4.55. The van der Waals surface area contributed by atoms with Gasteiger partial charge in [-0.15, -0.1) is 0 Å². The van der Waals surface area contributed by atoms with Crippen molar-refractivity contribution in [2.45, 2.75) is 39.7 Å². The molecule has 0 saturated carbocycles. The largest absolute Gasteiger partial charge is 0.507 e. The van der Waals surface area contributed by atoms with Crippen LogP contribution in [0.2, 0.25) is 0 Å². The van der Waals surface area contributed by atoms with Crippen molar-refractivity contribution in [2.75, 3.05) is 18.6 Å². The van der Waals surface area contributed by atoms with E-state index in [1.807, 2.05) is 62.4 Å². The Morgan fingerprint density at radius 3 is 2.33 bits per heavy atom. The smallest absolute Gasteiger partial charge is 0.300 e. The number of ketones is 1. The molecular formula is C30H31NO5. The van der Waals surface area contributed by atoms with Crippen molar-refractivity contribution in [3.05, 3.63) is 94.6 Å². The summed E-state index contributed by atoms with van der Waals surface area (Å²) in [6, 6.07) is 19.3. The zero-order chi connectivity index (χ0) is 26.0. The second kappa shape index (κ2) is 10.3. The van der Waals surface area contributed by atoms with Crippen molar-refractivity contribution in [2.24, 2.45) is 0 Å². The number of hydrogen-bond donors (Lipinski definition) is 1. The van der Waals surface area contributed by atoms with Crippen LogP contribution in [0, 0.1) is 6.92 Å². The molecule has 0 aliphatic carbocycles. The molecule has 3 aromatic carbocycles. The first kappa shape index (κ1) is 25.0. The van der Waals surface area contributed by atoms with Crippen molar-refractivity contribution in [3.8, 4) is 11.5 Å². The predicted molar refractivity (Wildman–Crippen MR) is 141 cm³/mol. The molecule has 0 spiro atoms. The van der Waals surface area contributed by atoms with Gasteiger partial charge in [-0.2, -0.15) is 0 Å². The number of ether oxygens (including phenoxy) is 2. The Morgan fingerprint density at radius 2 is 1.72 bits per heavy atom. The third kappa shape index (κ3) is 4.59. The molecule has 1 atom stereocenters. The monoisotopic (exact) mass is 485 g/mol. The molecule has 1 saturated heterocycles. The van der Waals surface area contributed by atoms with E-state index in [1.54, 1.807) is 25.3 Å². The molecule has 1 unspecified atom stereocenters. The van der Waals surface area contributed by atoms with Crippen molar-refractivity contribution in [1.82, 2.24) is 0 Å². The van der Waals surface area contributed by atoms with Crippen LogP contribution in [0.15, 0.2) is 72.3 Å². The summed E-state index contributed by atoms with van der Waals surface area (Å²) in [5.74, 6) is -0.0610. The summed E-state index contributed by atoms with van der Waals surface area (Å²) in [6.45, 7) is 8.38. The van der Waals surface area contributed by atoms with Crippen LogP contribution in [0.25, 0.3) is 5.76 Å². The Labute approximate surface area is 211 Å². The number of Topliss-reactive ketones (excluding diaryl/α,β-unsaturated/α-hetero) is 1. The number of carbonyl (C=O) groups is 2. The van der Waals surface area contributed by atoms with Crippen LogP contribution in [-0.2, 0) is 9.59 Å². The van der Waals surface area contributed by atoms with Crippen LogP contribution in [-0.4, -0.2) is 30.5 Å². The maximum Gasteiger partial charge on any atom is 0.300 e. The molecule has 1 amide bonds. The fraction of sp³-hybridized carbons (Fsp3) is 0.267. The number of aryl methyl sites for hydroxylation is 1. The summed E-state index contributed by atoms with van der Waals surface area (Å²) in [6.07, 6.45) is 0. The van der Waals surface area contributed by atoms with Crippen molar-refractivity contribution in [3.63, 3.8) is 0 Å². The molecule has 0 bridgehead atoms. The van der Waals surface area contributed by atoms with Gasteiger partial charge in [0.25, 0.3) is 11.7 Å². The van der Waals surface area contributed by atoms with E-state index in [-0.39, 0.29) is 11.3 Å². The average molecular weight is 486 g/mol. The SMILES string of the molecule is CCOc1cccc(C2/C(=C(\O)c3ccc(OC)cc3C)C(=O)C(=O)N2c2ccc(C(C)C)cc2)c1. The Hall–Kier alpha value is -4.06. The number of anilines is 1. The summed E-state index contributed by atoms with van der Waals surface area (Å²) in [5.41, 5.74) is 3.60. The van der Waals surface area contributed by atoms with E-state index in [2.05, 4.69) is 13.8 Å². The second-order valence-electron chi connectivity index (χ2n) is 9.10. The fourth-order valence-electron chi connectivity index (χ4n) is 4.55. The number of nitrogens with zero attached hydrogens (tertiary/aromatic N) is 1. The summed E-state index contributed by atoms with van der Waals surface area (Å²) < 4.78 is 11.0. The minimum absolute atomic E-state index is 0.0369. The lowest BCUT2D eigenvalue weighted by Crippen LogP contribution is -2.29. The van der Waals surface area contributed by atoms with E-state index in [0.29, 0.717) is 40.8 Å². The third-order valence-electron chi connectivity index (χ3n) is 6.46. The van der Waals surface area contributed by atoms with Gasteiger partial charge in [-0.3, -0.25) is 14.5 Å². The lowest BCUT2D eigenvalue weighted by atomic mass is 9.93. The zero-order valence-corrected chi connectivity index (χ0v) is 21.2. The maximum absolute atomic E-state index is 13.4. The van der Waals surface area contributed by atoms with Gasteiger partial charge in [-0.05, 0) is 78.9 Å². The highest BCUT2D eigenvalue weighted by Crippen LogP contribution is 2.43. The first-order chi connectivity index (χ1) is 17.3. The molecule has 6 heteroatoms. The van der Waals surface area contributed by atoms with Gasteiger partial charge in [0.05, 0.1) is 25.3 Å². The summed E-state index contributed by atoms with van der Waals surface area (Å²) >= 11 is 0. The Kier molecular flexibility index (Phi) is 7.15. The van der Waals surface area contributed by atoms with E-state index in [1.165, 1.54) is 4.90 Å². The first-order valence-electron chi connectivity index (χ1n) is 12.1. The molecule has 1 N–H and O–H groups in total. The van der Waals surface area contributed by atoms with Crippen LogP contribution in [0.3, 0.4) is 0 Å². The lowest BCUT2D eigenvalue weighted by molar-refractivity contribution is -0.132. The van der Waals surface area contributed by atoms with E-state index in [9.17, 15) is 14.7 Å². The maximum atomic E-state index is 13.4. The molecule has 0 aromatic heterocycles. The highest BCUT2D eigenvalue weighted by molar-refractivity contribution is 6.51. The number of rotatable bonds is 7. The van der Waals surface area contributed by atoms with Gasteiger partial charge in [0.1, 0.15) is 17.3 Å². The van der Waals surface area contributed by atoms with E-state index in [0.717, 1.165) is 11.1 Å². The zero-order valence-electron chi connectivity index (χ0n) is 21.2. The standard InChI is InChI=1S/C30H31NO5/c1-6-36-24-9-7-8-21(17-24)27-26(28(32)25-15-14-23(35-5)16-19(25)4)29(33)30(34)31(27)22-12-10-20(11-13-22)18(2)3/h7-18,27,32H,6H2,1-5H3/b28-26+. The van der Waals surface area contributed by atoms with E-state index in [4.69, 9.17) is 9.47 Å².